The Bertz CT molecular complexity index is 457. The zero-order valence-electron chi connectivity index (χ0n) is 9.97. The van der Waals surface area contributed by atoms with Gasteiger partial charge in [0.2, 0.25) is 0 Å². The van der Waals surface area contributed by atoms with Crippen LogP contribution < -0.4 is 5.48 Å². The van der Waals surface area contributed by atoms with Crippen LogP contribution in [0.2, 0.25) is 5.02 Å². The number of carbonyl (C=O) groups is 1. The summed E-state index contributed by atoms with van der Waals surface area (Å²) in [6, 6.07) is 16.4. The van der Waals surface area contributed by atoms with Crippen molar-refractivity contribution >= 4 is 23.6 Å². The Balaban J connectivity index is 0.000000180. The fourth-order valence-electron chi connectivity index (χ4n) is 1.17. The molecule has 0 aliphatic heterocycles. The molecule has 0 aromatic heterocycles. The lowest BCUT2D eigenvalue weighted by Gasteiger charge is -1.99. The molecule has 2 aromatic carbocycles. The Morgan fingerprint density at radius 1 is 1.06 bits per heavy atom. The molecule has 0 aliphatic carbocycles. The van der Waals surface area contributed by atoms with Crippen molar-refractivity contribution in [2.24, 2.45) is 0 Å². The molecule has 0 unspecified atom stereocenters. The highest BCUT2D eigenvalue weighted by Crippen LogP contribution is 2.07. The second-order valence-corrected chi connectivity index (χ2v) is 3.78. The second kappa shape index (κ2) is 8.28. The first-order valence-corrected chi connectivity index (χ1v) is 5.69. The number of anilines is 1. The summed E-state index contributed by atoms with van der Waals surface area (Å²) in [6.07, 6.45) is 0.788. The van der Waals surface area contributed by atoms with E-state index < -0.39 is 0 Å². The van der Waals surface area contributed by atoms with E-state index in [1.54, 1.807) is 31.4 Å². The summed E-state index contributed by atoms with van der Waals surface area (Å²) in [4.78, 5) is 14.8. The van der Waals surface area contributed by atoms with Crippen molar-refractivity contribution in [1.82, 2.24) is 0 Å². The highest BCUT2D eigenvalue weighted by Gasteiger charge is 1.86. The maximum absolute atomic E-state index is 10.1. The highest BCUT2D eigenvalue weighted by molar-refractivity contribution is 6.30. The third-order valence-corrected chi connectivity index (χ3v) is 2.25. The van der Waals surface area contributed by atoms with Crippen LogP contribution in [0.15, 0.2) is 54.6 Å². The van der Waals surface area contributed by atoms with E-state index in [4.69, 9.17) is 11.6 Å². The molecule has 3 nitrogen and oxygen atoms in total. The number of aldehydes is 1. The Morgan fingerprint density at radius 2 is 1.67 bits per heavy atom. The predicted octanol–water partition coefficient (Wildman–Crippen LogP) is 3.81. The van der Waals surface area contributed by atoms with E-state index in [-0.39, 0.29) is 0 Å². The first-order valence-electron chi connectivity index (χ1n) is 5.31. The van der Waals surface area contributed by atoms with E-state index in [0.717, 1.165) is 12.0 Å². The number of hydrogen-bond donors (Lipinski definition) is 1. The average molecular weight is 264 g/mol. The molecule has 0 amide bonds. The number of carbonyl (C=O) groups excluding carboxylic acids is 1. The molecule has 0 aliphatic rings. The third-order valence-electron chi connectivity index (χ3n) is 2.00. The van der Waals surface area contributed by atoms with E-state index in [1.807, 2.05) is 30.3 Å². The lowest BCUT2D eigenvalue weighted by Crippen LogP contribution is -1.93. The first-order chi connectivity index (χ1) is 8.76. The molecule has 0 radical (unpaired) electrons. The zero-order chi connectivity index (χ0) is 13.2. The van der Waals surface area contributed by atoms with Gasteiger partial charge in [0, 0.05) is 10.6 Å². The van der Waals surface area contributed by atoms with E-state index in [0.29, 0.717) is 10.6 Å². The maximum Gasteiger partial charge on any atom is 0.150 e. The number of benzene rings is 2. The van der Waals surface area contributed by atoms with Crippen LogP contribution in [0.1, 0.15) is 10.4 Å². The smallest absolute Gasteiger partial charge is 0.150 e. The number of rotatable bonds is 3. The van der Waals surface area contributed by atoms with Gasteiger partial charge >= 0.3 is 0 Å². The number of nitrogens with one attached hydrogen (secondary N) is 1. The van der Waals surface area contributed by atoms with Gasteiger partial charge in [0.15, 0.2) is 0 Å². The standard InChI is InChI=1S/C7H5ClO.C7H9NO/c8-7-3-1-6(5-9)2-4-7;1-9-8-7-5-3-2-4-6-7/h1-5H;2-6,8H,1H3. The van der Waals surface area contributed by atoms with Gasteiger partial charge in [-0.25, -0.2) is 0 Å². The highest BCUT2D eigenvalue weighted by atomic mass is 35.5. The van der Waals surface area contributed by atoms with E-state index >= 15 is 0 Å². The van der Waals surface area contributed by atoms with Crippen LogP contribution in [0.3, 0.4) is 0 Å². The van der Waals surface area contributed by atoms with Gasteiger partial charge in [-0.1, -0.05) is 41.9 Å². The predicted molar refractivity (Wildman–Crippen MR) is 73.9 cm³/mol. The van der Waals surface area contributed by atoms with Crippen molar-refractivity contribution in [3.63, 3.8) is 0 Å². The fraction of sp³-hybridized carbons (Fsp3) is 0.0714. The van der Waals surface area contributed by atoms with Gasteiger partial charge in [-0.05, 0) is 24.3 Å². The molecule has 0 saturated carbocycles. The summed E-state index contributed by atoms with van der Waals surface area (Å²) < 4.78 is 0. The normalized spacial score (nSPS) is 9.00. The zero-order valence-corrected chi connectivity index (χ0v) is 10.7. The minimum absolute atomic E-state index is 0.652. The van der Waals surface area contributed by atoms with Crippen LogP contribution >= 0.6 is 11.6 Å². The van der Waals surface area contributed by atoms with Crippen molar-refractivity contribution in [1.29, 1.82) is 0 Å². The van der Waals surface area contributed by atoms with Crippen LogP contribution in [0, 0.1) is 0 Å². The molecule has 0 saturated heterocycles. The minimum Gasteiger partial charge on any atom is -0.298 e. The Labute approximate surface area is 111 Å². The lowest BCUT2D eigenvalue weighted by atomic mass is 10.2. The van der Waals surface area contributed by atoms with Crippen molar-refractivity contribution in [2.75, 3.05) is 12.6 Å². The number of hydrogen-bond acceptors (Lipinski definition) is 3. The van der Waals surface area contributed by atoms with Gasteiger partial charge in [0.1, 0.15) is 6.29 Å². The average Bonchev–Trinajstić information content (AvgIpc) is 2.42. The largest absolute Gasteiger partial charge is 0.298 e. The second-order valence-electron chi connectivity index (χ2n) is 3.34. The summed E-state index contributed by atoms with van der Waals surface area (Å²) in [5, 5.41) is 0.653. The lowest BCUT2D eigenvalue weighted by molar-refractivity contribution is 0.112. The minimum atomic E-state index is 0.652. The monoisotopic (exact) mass is 263 g/mol. The fourth-order valence-corrected chi connectivity index (χ4v) is 1.29. The van der Waals surface area contributed by atoms with Gasteiger partial charge in [-0.2, -0.15) is 0 Å². The molecule has 1 N–H and O–H groups in total. The van der Waals surface area contributed by atoms with Crippen molar-refractivity contribution in [2.45, 2.75) is 0 Å². The van der Waals surface area contributed by atoms with Crippen LogP contribution in [-0.4, -0.2) is 13.4 Å². The summed E-state index contributed by atoms with van der Waals surface area (Å²) >= 11 is 5.55. The van der Waals surface area contributed by atoms with Crippen LogP contribution in [-0.2, 0) is 4.84 Å². The molecule has 2 aromatic rings. The van der Waals surface area contributed by atoms with Gasteiger partial charge in [0.25, 0.3) is 0 Å². The molecule has 18 heavy (non-hydrogen) atoms. The number of para-hydroxylation sites is 1. The van der Waals surface area contributed by atoms with Crippen molar-refractivity contribution in [3.05, 3.63) is 65.2 Å². The summed E-state index contributed by atoms with van der Waals surface area (Å²) in [6.45, 7) is 0. The topological polar surface area (TPSA) is 38.3 Å². The van der Waals surface area contributed by atoms with Gasteiger partial charge < -0.3 is 0 Å². The first kappa shape index (κ1) is 14.2. The molecule has 0 bridgehead atoms. The van der Waals surface area contributed by atoms with E-state index in [1.165, 1.54) is 0 Å². The van der Waals surface area contributed by atoms with Crippen LogP contribution in [0.5, 0.6) is 0 Å². The molecule has 0 spiro atoms. The molecular weight excluding hydrogens is 250 g/mol. The van der Waals surface area contributed by atoms with Crippen LogP contribution in [0.4, 0.5) is 5.69 Å². The third kappa shape index (κ3) is 5.48. The Morgan fingerprint density at radius 3 is 2.17 bits per heavy atom. The summed E-state index contributed by atoms with van der Waals surface area (Å²) in [5.41, 5.74) is 4.33. The molecule has 0 fully saturated rings. The molecule has 2 rings (SSSR count). The van der Waals surface area contributed by atoms with Crippen molar-refractivity contribution < 1.29 is 9.63 Å². The van der Waals surface area contributed by atoms with Gasteiger partial charge in [0.05, 0.1) is 12.8 Å². The Kier molecular flexibility index (Phi) is 6.54. The quantitative estimate of drug-likeness (QED) is 0.676. The van der Waals surface area contributed by atoms with Gasteiger partial charge in [-0.3, -0.25) is 15.1 Å². The Hall–Kier alpha value is -1.84. The van der Waals surface area contributed by atoms with E-state index in [2.05, 4.69) is 10.3 Å². The number of halogens is 1. The molecule has 0 atom stereocenters. The van der Waals surface area contributed by atoms with Gasteiger partial charge in [-0.15, -0.1) is 0 Å². The maximum atomic E-state index is 10.1. The summed E-state index contributed by atoms with van der Waals surface area (Å²) in [7, 11) is 1.59. The molecule has 4 heteroatoms. The molecular formula is C14H14ClNO2. The van der Waals surface area contributed by atoms with Crippen LogP contribution in [0.25, 0.3) is 0 Å². The molecule has 0 heterocycles. The SMILES string of the molecule is CONc1ccccc1.O=Cc1ccc(Cl)cc1. The van der Waals surface area contributed by atoms with E-state index in [9.17, 15) is 4.79 Å². The molecule has 94 valence electrons. The summed E-state index contributed by atoms with van der Waals surface area (Å²) in [5.74, 6) is 0. The van der Waals surface area contributed by atoms with Crippen molar-refractivity contribution in [3.8, 4) is 0 Å².